The zero-order valence-electron chi connectivity index (χ0n) is 14.4. The Bertz CT molecular complexity index is 974. The van der Waals surface area contributed by atoms with Crippen LogP contribution in [0, 0.1) is 0 Å². The Hall–Kier alpha value is -3.28. The molecule has 2 amide bonds. The van der Waals surface area contributed by atoms with Crippen LogP contribution in [-0.4, -0.2) is 45.8 Å². The van der Waals surface area contributed by atoms with E-state index in [-0.39, 0.29) is 17.5 Å². The van der Waals surface area contributed by atoms with Crippen molar-refractivity contribution in [1.82, 2.24) is 14.9 Å². The highest BCUT2D eigenvalue weighted by atomic mass is 16.2. The number of nitrogens with zero attached hydrogens (tertiary/aromatic N) is 4. The number of rotatable bonds is 2. The van der Waals surface area contributed by atoms with Gasteiger partial charge in [0.2, 0.25) is 5.91 Å². The van der Waals surface area contributed by atoms with Crippen LogP contribution in [0.2, 0.25) is 0 Å². The molecule has 1 aliphatic rings. The lowest BCUT2D eigenvalue weighted by molar-refractivity contribution is -0.124. The molecule has 26 heavy (non-hydrogen) atoms. The third-order valence-corrected chi connectivity index (χ3v) is 4.65. The molecule has 3 aromatic rings. The second-order valence-electron chi connectivity index (χ2n) is 6.24. The second kappa shape index (κ2) is 6.55. The number of benzene rings is 2. The minimum absolute atomic E-state index is 0.0930. The highest BCUT2D eigenvalue weighted by Crippen LogP contribution is 2.21. The lowest BCUT2D eigenvalue weighted by Crippen LogP contribution is -2.57. The van der Waals surface area contributed by atoms with Crippen molar-refractivity contribution in [2.75, 3.05) is 18.0 Å². The van der Waals surface area contributed by atoms with Crippen molar-refractivity contribution in [3.05, 3.63) is 66.5 Å². The lowest BCUT2D eigenvalue weighted by atomic mass is 10.1. The summed E-state index contributed by atoms with van der Waals surface area (Å²) >= 11 is 0. The van der Waals surface area contributed by atoms with Crippen LogP contribution < -0.4 is 4.90 Å². The predicted molar refractivity (Wildman–Crippen MR) is 98.8 cm³/mol. The van der Waals surface area contributed by atoms with Crippen molar-refractivity contribution in [3.8, 4) is 0 Å². The van der Waals surface area contributed by atoms with Crippen molar-refractivity contribution in [2.45, 2.75) is 13.0 Å². The first-order chi connectivity index (χ1) is 12.6. The second-order valence-corrected chi connectivity index (χ2v) is 6.24. The Labute approximate surface area is 151 Å². The number of para-hydroxylation sites is 3. The first-order valence-corrected chi connectivity index (χ1v) is 8.54. The summed E-state index contributed by atoms with van der Waals surface area (Å²) in [6.07, 6.45) is 1.48. The summed E-state index contributed by atoms with van der Waals surface area (Å²) in [6.45, 7) is 2.67. The van der Waals surface area contributed by atoms with Gasteiger partial charge in [0.05, 0.1) is 17.2 Å². The maximum atomic E-state index is 12.9. The molecule has 0 bridgehead atoms. The van der Waals surface area contributed by atoms with Gasteiger partial charge in [0.25, 0.3) is 5.91 Å². The number of hydrogen-bond donors (Lipinski definition) is 0. The molecule has 0 aliphatic carbocycles. The van der Waals surface area contributed by atoms with Gasteiger partial charge in [-0.3, -0.25) is 14.6 Å². The monoisotopic (exact) mass is 346 g/mol. The number of hydrogen-bond acceptors (Lipinski definition) is 4. The van der Waals surface area contributed by atoms with Crippen LogP contribution in [-0.2, 0) is 4.79 Å². The third-order valence-electron chi connectivity index (χ3n) is 4.65. The van der Waals surface area contributed by atoms with Crippen molar-refractivity contribution < 1.29 is 9.59 Å². The molecule has 2 heterocycles. The highest BCUT2D eigenvalue weighted by Gasteiger charge is 2.35. The summed E-state index contributed by atoms with van der Waals surface area (Å²) in [4.78, 5) is 37.7. The van der Waals surface area contributed by atoms with E-state index < -0.39 is 6.04 Å². The molecule has 130 valence electrons. The van der Waals surface area contributed by atoms with Gasteiger partial charge >= 0.3 is 0 Å². The SMILES string of the molecule is CC1C(=O)N(c2ccccc2)CCN1C(=O)c1cnc2ccccc2n1. The fourth-order valence-corrected chi connectivity index (χ4v) is 3.22. The van der Waals surface area contributed by atoms with E-state index in [0.29, 0.717) is 18.6 Å². The standard InChI is InChI=1S/C20H18N4O2/c1-14-19(25)24(15-7-3-2-4-8-15)12-11-23(14)20(26)18-13-21-16-9-5-6-10-17(16)22-18/h2-10,13-14H,11-12H2,1H3. The van der Waals surface area contributed by atoms with Gasteiger partial charge < -0.3 is 9.80 Å². The molecule has 1 aromatic heterocycles. The molecular weight excluding hydrogens is 328 g/mol. The van der Waals surface area contributed by atoms with Crippen molar-refractivity contribution >= 4 is 28.5 Å². The van der Waals surface area contributed by atoms with Gasteiger partial charge in [-0.15, -0.1) is 0 Å². The van der Waals surface area contributed by atoms with E-state index in [1.54, 1.807) is 16.7 Å². The summed E-state index contributed by atoms with van der Waals surface area (Å²) in [5, 5.41) is 0. The smallest absolute Gasteiger partial charge is 0.274 e. The van der Waals surface area contributed by atoms with Crippen molar-refractivity contribution in [2.24, 2.45) is 0 Å². The van der Waals surface area contributed by atoms with Gasteiger partial charge in [-0.05, 0) is 31.2 Å². The normalized spacial score (nSPS) is 17.6. The Morgan fingerprint density at radius 2 is 1.69 bits per heavy atom. The molecule has 2 aromatic carbocycles. The van der Waals surface area contributed by atoms with Crippen LogP contribution in [0.25, 0.3) is 11.0 Å². The first-order valence-electron chi connectivity index (χ1n) is 8.54. The van der Waals surface area contributed by atoms with Crippen LogP contribution in [0.4, 0.5) is 5.69 Å². The summed E-state index contributed by atoms with van der Waals surface area (Å²) < 4.78 is 0. The van der Waals surface area contributed by atoms with Gasteiger partial charge in [-0.1, -0.05) is 30.3 Å². The summed E-state index contributed by atoms with van der Waals surface area (Å²) in [5.74, 6) is -0.360. The molecular formula is C20H18N4O2. The van der Waals surface area contributed by atoms with E-state index in [9.17, 15) is 9.59 Å². The number of carbonyl (C=O) groups excluding carboxylic acids is 2. The van der Waals surface area contributed by atoms with Gasteiger partial charge in [-0.2, -0.15) is 0 Å². The molecule has 6 nitrogen and oxygen atoms in total. The Kier molecular flexibility index (Phi) is 4.08. The minimum Gasteiger partial charge on any atom is -0.324 e. The molecule has 0 saturated carbocycles. The Morgan fingerprint density at radius 1 is 1.00 bits per heavy atom. The first kappa shape index (κ1) is 16.2. The van der Waals surface area contributed by atoms with Crippen LogP contribution >= 0.6 is 0 Å². The van der Waals surface area contributed by atoms with Crippen molar-refractivity contribution in [1.29, 1.82) is 0 Å². The van der Waals surface area contributed by atoms with Crippen LogP contribution in [0.5, 0.6) is 0 Å². The maximum Gasteiger partial charge on any atom is 0.274 e. The average Bonchev–Trinajstić information content (AvgIpc) is 2.70. The maximum absolute atomic E-state index is 12.9. The number of fused-ring (bicyclic) bond motifs is 1. The van der Waals surface area contributed by atoms with Gasteiger partial charge in [0.15, 0.2) is 0 Å². The lowest BCUT2D eigenvalue weighted by Gasteiger charge is -2.38. The topological polar surface area (TPSA) is 66.4 Å². The van der Waals surface area contributed by atoms with E-state index in [1.807, 2.05) is 54.6 Å². The van der Waals surface area contributed by atoms with Crippen LogP contribution in [0.15, 0.2) is 60.8 Å². The Morgan fingerprint density at radius 3 is 2.46 bits per heavy atom. The third kappa shape index (κ3) is 2.79. The number of anilines is 1. The summed E-state index contributed by atoms with van der Waals surface area (Å²) in [6, 6.07) is 16.4. The quantitative estimate of drug-likeness (QED) is 0.715. The molecule has 1 aliphatic heterocycles. The predicted octanol–water partition coefficient (Wildman–Crippen LogP) is 2.51. The molecule has 1 saturated heterocycles. The number of carbonyl (C=O) groups is 2. The van der Waals surface area contributed by atoms with E-state index in [1.165, 1.54) is 6.20 Å². The minimum atomic E-state index is -0.551. The summed E-state index contributed by atoms with van der Waals surface area (Å²) in [5.41, 5.74) is 2.51. The molecule has 4 rings (SSSR count). The van der Waals surface area contributed by atoms with Gasteiger partial charge in [0, 0.05) is 18.8 Å². The van der Waals surface area contributed by atoms with Gasteiger partial charge in [0.1, 0.15) is 11.7 Å². The fraction of sp³-hybridized carbons (Fsp3) is 0.200. The van der Waals surface area contributed by atoms with Crippen LogP contribution in [0.3, 0.4) is 0 Å². The van der Waals surface area contributed by atoms with E-state index in [2.05, 4.69) is 9.97 Å². The molecule has 1 unspecified atom stereocenters. The largest absolute Gasteiger partial charge is 0.324 e. The molecule has 1 fully saturated rings. The zero-order chi connectivity index (χ0) is 18.1. The average molecular weight is 346 g/mol. The molecule has 6 heteroatoms. The van der Waals surface area contributed by atoms with E-state index >= 15 is 0 Å². The number of amides is 2. The molecule has 0 spiro atoms. The highest BCUT2D eigenvalue weighted by molar-refractivity contribution is 6.03. The van der Waals surface area contributed by atoms with Gasteiger partial charge in [-0.25, -0.2) is 4.98 Å². The summed E-state index contributed by atoms with van der Waals surface area (Å²) in [7, 11) is 0. The van der Waals surface area contributed by atoms with E-state index in [0.717, 1.165) is 11.2 Å². The zero-order valence-corrected chi connectivity index (χ0v) is 14.4. The number of aromatic nitrogens is 2. The molecule has 0 radical (unpaired) electrons. The van der Waals surface area contributed by atoms with Crippen molar-refractivity contribution in [3.63, 3.8) is 0 Å². The number of piperazine rings is 1. The van der Waals surface area contributed by atoms with Crippen LogP contribution in [0.1, 0.15) is 17.4 Å². The van der Waals surface area contributed by atoms with E-state index in [4.69, 9.17) is 0 Å². The molecule has 0 N–H and O–H groups in total. The fourth-order valence-electron chi connectivity index (χ4n) is 3.22. The molecule has 1 atom stereocenters. The Balaban J connectivity index is 1.58.